The quantitative estimate of drug-likeness (QED) is 0.819. The second-order valence-corrected chi connectivity index (χ2v) is 4.77. The van der Waals surface area contributed by atoms with Gasteiger partial charge in [0.15, 0.2) is 0 Å². The first-order chi connectivity index (χ1) is 9.00. The van der Waals surface area contributed by atoms with Crippen molar-refractivity contribution in [3.05, 3.63) is 34.9 Å². The van der Waals surface area contributed by atoms with Gasteiger partial charge in [0.1, 0.15) is 0 Å². The Labute approximate surface area is 113 Å². The van der Waals surface area contributed by atoms with Crippen molar-refractivity contribution < 1.29 is 26.3 Å². The van der Waals surface area contributed by atoms with Gasteiger partial charge in [-0.25, -0.2) is 0 Å². The lowest BCUT2D eigenvalue weighted by Crippen LogP contribution is -2.25. The molecule has 0 amide bonds. The van der Waals surface area contributed by atoms with Crippen molar-refractivity contribution in [1.29, 1.82) is 0 Å². The molecule has 1 nitrogen and oxygen atoms in total. The van der Waals surface area contributed by atoms with Crippen LogP contribution in [0.2, 0.25) is 0 Å². The number of rotatable bonds is 4. The van der Waals surface area contributed by atoms with E-state index in [-0.39, 0.29) is 24.1 Å². The Balaban J connectivity index is 3.05. The van der Waals surface area contributed by atoms with Crippen LogP contribution in [-0.4, -0.2) is 12.6 Å². The van der Waals surface area contributed by atoms with Crippen LogP contribution < -0.4 is 5.32 Å². The van der Waals surface area contributed by atoms with Crippen molar-refractivity contribution >= 4 is 0 Å². The highest BCUT2D eigenvalue weighted by molar-refractivity contribution is 5.33. The number of hydrogen-bond donors (Lipinski definition) is 1. The van der Waals surface area contributed by atoms with Crippen LogP contribution in [0.5, 0.6) is 0 Å². The summed E-state index contributed by atoms with van der Waals surface area (Å²) in [5.74, 6) is 0. The van der Waals surface area contributed by atoms with Crippen LogP contribution >= 0.6 is 0 Å². The molecule has 0 bridgehead atoms. The first-order valence-electron chi connectivity index (χ1n) is 6.02. The zero-order valence-electron chi connectivity index (χ0n) is 11.0. The van der Waals surface area contributed by atoms with Crippen LogP contribution in [0.3, 0.4) is 0 Å². The molecule has 0 aliphatic rings. The van der Waals surface area contributed by atoms with E-state index in [1.807, 2.05) is 13.8 Å². The molecule has 0 unspecified atom stereocenters. The van der Waals surface area contributed by atoms with Crippen molar-refractivity contribution in [3.8, 4) is 0 Å². The molecule has 1 rings (SSSR count). The summed E-state index contributed by atoms with van der Waals surface area (Å²) < 4.78 is 75.6. The Morgan fingerprint density at radius 3 is 1.70 bits per heavy atom. The molecule has 1 aromatic carbocycles. The Kier molecular flexibility index (Phi) is 5.07. The molecule has 114 valence electrons. The van der Waals surface area contributed by atoms with Gasteiger partial charge in [0.05, 0.1) is 11.1 Å². The summed E-state index contributed by atoms with van der Waals surface area (Å²) in [4.78, 5) is 0. The van der Waals surface area contributed by atoms with Gasteiger partial charge in [0.2, 0.25) is 0 Å². The Morgan fingerprint density at radius 2 is 1.35 bits per heavy atom. The third-order valence-corrected chi connectivity index (χ3v) is 2.61. The average molecular weight is 299 g/mol. The van der Waals surface area contributed by atoms with E-state index in [9.17, 15) is 26.3 Å². The van der Waals surface area contributed by atoms with Crippen LogP contribution in [0, 0.1) is 0 Å². The minimum Gasteiger partial charge on any atom is -0.314 e. The summed E-state index contributed by atoms with van der Waals surface area (Å²) in [6.45, 7) is 4.00. The first kappa shape index (κ1) is 16.8. The van der Waals surface area contributed by atoms with Gasteiger partial charge in [0, 0.05) is 6.04 Å². The highest BCUT2D eigenvalue weighted by Gasteiger charge is 2.36. The van der Waals surface area contributed by atoms with E-state index in [1.165, 1.54) is 0 Å². The van der Waals surface area contributed by atoms with E-state index in [1.54, 1.807) is 0 Å². The molecule has 1 N–H and O–H groups in total. The standard InChI is InChI=1S/C13H15F6N/c1-8(2)20-4-3-9-5-10(12(14,15)16)7-11(6-9)13(17,18)19/h5-8,20H,3-4H2,1-2H3. The smallest absolute Gasteiger partial charge is 0.314 e. The van der Waals surface area contributed by atoms with Gasteiger partial charge in [-0.15, -0.1) is 0 Å². The summed E-state index contributed by atoms with van der Waals surface area (Å²) in [7, 11) is 0. The fourth-order valence-corrected chi connectivity index (χ4v) is 1.67. The van der Waals surface area contributed by atoms with E-state index in [4.69, 9.17) is 0 Å². The number of nitrogens with one attached hydrogen (secondary N) is 1. The highest BCUT2D eigenvalue weighted by atomic mass is 19.4. The van der Waals surface area contributed by atoms with Gasteiger partial charge in [-0.2, -0.15) is 26.3 Å². The van der Waals surface area contributed by atoms with Crippen molar-refractivity contribution in [3.63, 3.8) is 0 Å². The molecular formula is C13H15F6N. The predicted molar refractivity (Wildman–Crippen MR) is 63.3 cm³/mol. The summed E-state index contributed by atoms with van der Waals surface area (Å²) in [5.41, 5.74) is -2.53. The zero-order valence-corrected chi connectivity index (χ0v) is 11.0. The molecule has 0 aromatic heterocycles. The van der Waals surface area contributed by atoms with Crippen molar-refractivity contribution in [2.45, 2.75) is 38.7 Å². The molecule has 0 saturated heterocycles. The molecule has 0 fully saturated rings. The summed E-state index contributed by atoms with van der Waals surface area (Å²) in [5, 5.41) is 2.95. The lowest BCUT2D eigenvalue weighted by molar-refractivity contribution is -0.143. The molecule has 0 heterocycles. The largest absolute Gasteiger partial charge is 0.416 e. The predicted octanol–water partition coefficient (Wildman–Crippen LogP) is 4.26. The third kappa shape index (κ3) is 5.03. The van der Waals surface area contributed by atoms with Crippen molar-refractivity contribution in [2.24, 2.45) is 0 Å². The lowest BCUT2D eigenvalue weighted by Gasteiger charge is -2.15. The molecule has 0 aliphatic heterocycles. The van der Waals surface area contributed by atoms with E-state index in [0.717, 1.165) is 12.1 Å². The van der Waals surface area contributed by atoms with Crippen molar-refractivity contribution in [2.75, 3.05) is 6.54 Å². The maximum atomic E-state index is 12.6. The molecule has 0 saturated carbocycles. The van der Waals surface area contributed by atoms with Crippen LogP contribution in [0.15, 0.2) is 18.2 Å². The molecule has 0 radical (unpaired) electrons. The minimum absolute atomic E-state index is 0.0142. The van der Waals surface area contributed by atoms with Crippen LogP contribution in [0.25, 0.3) is 0 Å². The van der Waals surface area contributed by atoms with Gasteiger partial charge in [-0.3, -0.25) is 0 Å². The van der Waals surface area contributed by atoms with Gasteiger partial charge >= 0.3 is 12.4 Å². The molecule has 0 aliphatic carbocycles. The van der Waals surface area contributed by atoms with Crippen LogP contribution in [-0.2, 0) is 18.8 Å². The molecule has 0 spiro atoms. The Hall–Kier alpha value is -1.24. The maximum Gasteiger partial charge on any atom is 0.416 e. The summed E-state index contributed by atoms with van der Waals surface area (Å²) >= 11 is 0. The van der Waals surface area contributed by atoms with E-state index < -0.39 is 23.5 Å². The van der Waals surface area contributed by atoms with Gasteiger partial charge < -0.3 is 5.32 Å². The van der Waals surface area contributed by atoms with E-state index >= 15 is 0 Å². The summed E-state index contributed by atoms with van der Waals surface area (Å²) in [6, 6.07) is 1.77. The average Bonchev–Trinajstić information content (AvgIpc) is 2.25. The molecule has 20 heavy (non-hydrogen) atoms. The number of alkyl halides is 6. The van der Waals surface area contributed by atoms with Crippen LogP contribution in [0.4, 0.5) is 26.3 Å². The summed E-state index contributed by atoms with van der Waals surface area (Å²) in [6.07, 6.45) is -9.48. The Morgan fingerprint density at radius 1 is 0.900 bits per heavy atom. The SMILES string of the molecule is CC(C)NCCc1cc(C(F)(F)F)cc(C(F)(F)F)c1. The normalized spacial score (nSPS) is 13.1. The fraction of sp³-hybridized carbons (Fsp3) is 0.538. The second kappa shape index (κ2) is 6.03. The lowest BCUT2D eigenvalue weighted by atomic mass is 10.0. The monoisotopic (exact) mass is 299 g/mol. The number of hydrogen-bond acceptors (Lipinski definition) is 1. The first-order valence-corrected chi connectivity index (χ1v) is 6.02. The minimum atomic E-state index is -4.79. The van der Waals surface area contributed by atoms with E-state index in [2.05, 4.69) is 5.32 Å². The molecule has 7 heteroatoms. The third-order valence-electron chi connectivity index (χ3n) is 2.61. The second-order valence-electron chi connectivity index (χ2n) is 4.77. The van der Waals surface area contributed by atoms with Gasteiger partial charge in [-0.1, -0.05) is 13.8 Å². The topological polar surface area (TPSA) is 12.0 Å². The maximum absolute atomic E-state index is 12.6. The van der Waals surface area contributed by atoms with Gasteiger partial charge in [0.25, 0.3) is 0 Å². The number of halogens is 6. The van der Waals surface area contributed by atoms with Crippen LogP contribution in [0.1, 0.15) is 30.5 Å². The fourth-order valence-electron chi connectivity index (χ4n) is 1.67. The Bertz CT molecular complexity index is 415. The van der Waals surface area contributed by atoms with Gasteiger partial charge in [-0.05, 0) is 36.7 Å². The highest BCUT2D eigenvalue weighted by Crippen LogP contribution is 2.36. The molecule has 0 atom stereocenters. The zero-order chi connectivity index (χ0) is 15.6. The van der Waals surface area contributed by atoms with Crippen molar-refractivity contribution in [1.82, 2.24) is 5.32 Å². The molecule has 1 aromatic rings. The number of benzene rings is 1. The van der Waals surface area contributed by atoms with E-state index in [0.29, 0.717) is 6.54 Å². The molecular weight excluding hydrogens is 284 g/mol.